The first-order valence-electron chi connectivity index (χ1n) is 10.2. The van der Waals surface area contributed by atoms with Crippen LogP contribution in [0.15, 0.2) is 29.3 Å². The molecule has 27 heavy (non-hydrogen) atoms. The molecule has 2 rings (SSSR count). The van der Waals surface area contributed by atoms with Gasteiger partial charge in [0.15, 0.2) is 5.96 Å². The number of hydrogen-bond donors (Lipinski definition) is 2. The number of nitrogens with one attached hydrogen (secondary N) is 2. The monoisotopic (exact) mass is 375 g/mol. The van der Waals surface area contributed by atoms with Crippen molar-refractivity contribution in [1.29, 1.82) is 0 Å². The van der Waals surface area contributed by atoms with E-state index in [4.69, 9.17) is 9.73 Å². The Labute approximate surface area is 165 Å². The van der Waals surface area contributed by atoms with E-state index >= 15 is 0 Å². The second kappa shape index (κ2) is 12.7. The second-order valence-electron chi connectivity index (χ2n) is 7.13. The normalized spacial score (nSPS) is 15.0. The van der Waals surface area contributed by atoms with Crippen LogP contribution in [0.2, 0.25) is 0 Å². The molecule has 1 aliphatic rings. The van der Waals surface area contributed by atoms with Gasteiger partial charge in [-0.25, -0.2) is 0 Å². The van der Waals surface area contributed by atoms with Gasteiger partial charge in [0.25, 0.3) is 0 Å². The number of fused-ring (bicyclic) bond motifs is 1. The molecule has 0 spiro atoms. The lowest BCUT2D eigenvalue weighted by Gasteiger charge is -2.28. The highest BCUT2D eigenvalue weighted by Gasteiger charge is 2.14. The smallest absolute Gasteiger partial charge is 0.191 e. The molecule has 0 atom stereocenters. The molecule has 6 heteroatoms. The van der Waals surface area contributed by atoms with Gasteiger partial charge in [0.2, 0.25) is 0 Å². The van der Waals surface area contributed by atoms with Crippen molar-refractivity contribution < 1.29 is 4.74 Å². The van der Waals surface area contributed by atoms with Crippen LogP contribution in [-0.4, -0.2) is 82.3 Å². The van der Waals surface area contributed by atoms with Crippen LogP contribution in [0.3, 0.4) is 0 Å². The fourth-order valence-electron chi connectivity index (χ4n) is 3.35. The van der Waals surface area contributed by atoms with E-state index < -0.39 is 0 Å². The predicted octanol–water partition coefficient (Wildman–Crippen LogP) is 1.57. The highest BCUT2D eigenvalue weighted by atomic mass is 16.5. The van der Waals surface area contributed by atoms with E-state index in [9.17, 15) is 0 Å². The molecule has 0 radical (unpaired) electrons. The Balaban J connectivity index is 1.69. The van der Waals surface area contributed by atoms with Crippen molar-refractivity contribution in [3.8, 4) is 0 Å². The van der Waals surface area contributed by atoms with E-state index in [1.807, 2.05) is 0 Å². The van der Waals surface area contributed by atoms with Crippen LogP contribution in [0.4, 0.5) is 0 Å². The topological polar surface area (TPSA) is 52.1 Å². The van der Waals surface area contributed by atoms with Gasteiger partial charge in [-0.05, 0) is 37.9 Å². The third-order valence-corrected chi connectivity index (χ3v) is 4.91. The summed E-state index contributed by atoms with van der Waals surface area (Å²) in [5.74, 6) is 0.917. The standard InChI is InChI=1S/C21H37N5O/c1-4-22-21(23-11-15-25(2)13-7-17-27-3)24-12-16-26-14-10-19-8-5-6-9-20(19)18-26/h5-6,8-9H,4,7,10-18H2,1-3H3,(H2,22,23,24). The number of hydrogen-bond acceptors (Lipinski definition) is 4. The summed E-state index contributed by atoms with van der Waals surface area (Å²) < 4.78 is 5.11. The lowest BCUT2D eigenvalue weighted by molar-refractivity contribution is 0.180. The van der Waals surface area contributed by atoms with E-state index in [1.54, 1.807) is 7.11 Å². The summed E-state index contributed by atoms with van der Waals surface area (Å²) in [6.45, 7) is 10.8. The molecule has 0 aliphatic carbocycles. The van der Waals surface area contributed by atoms with Gasteiger partial charge in [-0.15, -0.1) is 0 Å². The Morgan fingerprint density at radius 3 is 2.81 bits per heavy atom. The maximum absolute atomic E-state index is 5.11. The molecule has 0 amide bonds. The van der Waals surface area contributed by atoms with E-state index in [2.05, 4.69) is 58.7 Å². The molecule has 0 bridgehead atoms. The summed E-state index contributed by atoms with van der Waals surface area (Å²) in [5, 5.41) is 6.79. The molecule has 0 saturated carbocycles. The molecular weight excluding hydrogens is 338 g/mol. The first kappa shape index (κ1) is 21.7. The fourth-order valence-corrected chi connectivity index (χ4v) is 3.35. The van der Waals surface area contributed by atoms with Crippen molar-refractivity contribution in [2.24, 2.45) is 4.99 Å². The molecule has 0 unspecified atom stereocenters. The van der Waals surface area contributed by atoms with E-state index in [1.165, 1.54) is 11.1 Å². The number of benzene rings is 1. The molecule has 2 N–H and O–H groups in total. The van der Waals surface area contributed by atoms with Crippen molar-refractivity contribution in [1.82, 2.24) is 20.4 Å². The highest BCUT2D eigenvalue weighted by Crippen LogP contribution is 2.17. The Hall–Kier alpha value is -1.63. The number of nitrogens with zero attached hydrogens (tertiary/aromatic N) is 3. The van der Waals surface area contributed by atoms with Gasteiger partial charge in [0.1, 0.15) is 0 Å². The maximum atomic E-state index is 5.11. The van der Waals surface area contributed by atoms with Gasteiger partial charge in [-0.3, -0.25) is 9.89 Å². The largest absolute Gasteiger partial charge is 0.385 e. The van der Waals surface area contributed by atoms with Crippen LogP contribution in [0.5, 0.6) is 0 Å². The Morgan fingerprint density at radius 1 is 1.22 bits per heavy atom. The van der Waals surface area contributed by atoms with Crippen molar-refractivity contribution >= 4 is 5.96 Å². The number of ether oxygens (including phenoxy) is 1. The van der Waals surface area contributed by atoms with Crippen molar-refractivity contribution in [3.63, 3.8) is 0 Å². The third kappa shape index (κ3) is 8.28. The molecule has 6 nitrogen and oxygen atoms in total. The van der Waals surface area contributed by atoms with Gasteiger partial charge >= 0.3 is 0 Å². The van der Waals surface area contributed by atoms with Crippen molar-refractivity contribution in [2.45, 2.75) is 26.3 Å². The lowest BCUT2D eigenvalue weighted by Crippen LogP contribution is -2.41. The summed E-state index contributed by atoms with van der Waals surface area (Å²) in [4.78, 5) is 9.57. The SMILES string of the molecule is CCNC(=NCCN1CCc2ccccc2C1)NCCN(C)CCCOC. The molecule has 1 aliphatic heterocycles. The van der Waals surface area contributed by atoms with Crippen LogP contribution >= 0.6 is 0 Å². The molecule has 0 saturated heterocycles. The number of aliphatic imine (C=N–C) groups is 1. The number of guanidine groups is 1. The zero-order valence-electron chi connectivity index (χ0n) is 17.3. The van der Waals surface area contributed by atoms with Gasteiger partial charge in [-0.2, -0.15) is 0 Å². The minimum absolute atomic E-state index is 0.821. The average molecular weight is 376 g/mol. The maximum Gasteiger partial charge on any atom is 0.191 e. The van der Waals surface area contributed by atoms with Gasteiger partial charge in [0, 0.05) is 59.5 Å². The Bertz CT molecular complexity index is 563. The lowest BCUT2D eigenvalue weighted by atomic mass is 10.0. The summed E-state index contributed by atoms with van der Waals surface area (Å²) in [6, 6.07) is 8.78. The number of rotatable bonds is 11. The second-order valence-corrected chi connectivity index (χ2v) is 7.13. The summed E-state index contributed by atoms with van der Waals surface area (Å²) in [7, 11) is 3.90. The molecule has 152 valence electrons. The first-order chi connectivity index (χ1) is 13.2. The van der Waals surface area contributed by atoms with Crippen molar-refractivity contribution in [3.05, 3.63) is 35.4 Å². The minimum Gasteiger partial charge on any atom is -0.385 e. The van der Waals surface area contributed by atoms with Gasteiger partial charge < -0.3 is 20.3 Å². The summed E-state index contributed by atoms with van der Waals surface area (Å²) in [6.07, 6.45) is 2.22. The van der Waals surface area contributed by atoms with Crippen LogP contribution in [0.25, 0.3) is 0 Å². The average Bonchev–Trinajstić information content (AvgIpc) is 2.68. The molecular formula is C21H37N5O. The van der Waals surface area contributed by atoms with Crippen LogP contribution < -0.4 is 10.6 Å². The predicted molar refractivity (Wildman–Crippen MR) is 113 cm³/mol. The number of likely N-dealkylation sites (N-methyl/N-ethyl adjacent to an activating group) is 1. The third-order valence-electron chi connectivity index (χ3n) is 4.91. The Kier molecular flexibility index (Phi) is 10.2. The molecule has 1 aromatic rings. The van der Waals surface area contributed by atoms with E-state index in [-0.39, 0.29) is 0 Å². The number of methoxy groups -OCH3 is 1. The van der Waals surface area contributed by atoms with E-state index in [0.717, 1.165) is 77.8 Å². The zero-order chi connectivity index (χ0) is 19.3. The Morgan fingerprint density at radius 2 is 2.04 bits per heavy atom. The van der Waals surface area contributed by atoms with Crippen LogP contribution in [-0.2, 0) is 17.7 Å². The molecule has 0 aromatic heterocycles. The molecule has 1 heterocycles. The molecule has 0 fully saturated rings. The zero-order valence-corrected chi connectivity index (χ0v) is 17.3. The summed E-state index contributed by atoms with van der Waals surface area (Å²) >= 11 is 0. The minimum atomic E-state index is 0.821. The quantitative estimate of drug-likeness (QED) is 0.349. The van der Waals surface area contributed by atoms with Gasteiger partial charge in [0.05, 0.1) is 6.54 Å². The molecule has 1 aromatic carbocycles. The first-order valence-corrected chi connectivity index (χ1v) is 10.2. The van der Waals surface area contributed by atoms with E-state index in [0.29, 0.717) is 0 Å². The van der Waals surface area contributed by atoms with Crippen LogP contribution in [0, 0.1) is 0 Å². The van der Waals surface area contributed by atoms with Crippen LogP contribution in [0.1, 0.15) is 24.5 Å². The summed E-state index contributed by atoms with van der Waals surface area (Å²) in [5.41, 5.74) is 2.97. The van der Waals surface area contributed by atoms with Gasteiger partial charge in [-0.1, -0.05) is 24.3 Å². The van der Waals surface area contributed by atoms with Crippen molar-refractivity contribution in [2.75, 3.05) is 66.6 Å². The highest BCUT2D eigenvalue weighted by molar-refractivity contribution is 5.79. The fraction of sp³-hybridized carbons (Fsp3) is 0.667.